The summed E-state index contributed by atoms with van der Waals surface area (Å²) in [4.78, 5) is 0. The van der Waals surface area contributed by atoms with Crippen LogP contribution < -0.4 is 4.57 Å². The molecule has 0 amide bonds. The van der Waals surface area contributed by atoms with Crippen molar-refractivity contribution in [3.05, 3.63) is 30.1 Å². The Morgan fingerprint density at radius 2 is 1.62 bits per heavy atom. The van der Waals surface area contributed by atoms with Crippen LogP contribution in [0.25, 0.3) is 0 Å². The molecule has 1 nitrogen and oxygen atoms in total. The van der Waals surface area contributed by atoms with Crippen molar-refractivity contribution in [1.29, 1.82) is 0 Å². The largest absolute Gasteiger partial charge is 0.459 e. The van der Waals surface area contributed by atoms with Gasteiger partial charge in [-0.3, -0.25) is 0 Å². The minimum atomic E-state index is -6.17. The van der Waals surface area contributed by atoms with E-state index in [2.05, 4.69) is 49.9 Å². The topological polar surface area (TPSA) is 3.88 Å². The third-order valence-corrected chi connectivity index (χ3v) is 3.61. The fourth-order valence-corrected chi connectivity index (χ4v) is 2.03. The summed E-state index contributed by atoms with van der Waals surface area (Å²) in [7, 11) is 0. The number of aryl methyl sites for hydroxylation is 1. The maximum Gasteiger partial charge on any atom is 0.459 e. The van der Waals surface area contributed by atoms with E-state index in [1.165, 1.54) is 37.7 Å². The molecule has 0 bridgehead atoms. The molecule has 1 heterocycles. The van der Waals surface area contributed by atoms with Gasteiger partial charge in [0.25, 0.3) is 0 Å². The zero-order chi connectivity index (χ0) is 19.7. The fraction of sp³-hybridized carbons (Fsp3) is 0.706. The highest BCUT2D eigenvalue weighted by Gasteiger charge is 2.64. The first-order valence-electron chi connectivity index (χ1n) is 8.13. The zero-order valence-electron chi connectivity index (χ0n) is 15.1. The number of hydrogen-bond acceptors (Lipinski definition) is 0. The van der Waals surface area contributed by atoms with Crippen LogP contribution in [0.3, 0.4) is 0 Å². The molecule has 0 aliphatic carbocycles. The van der Waals surface area contributed by atoms with E-state index in [0.717, 1.165) is 0 Å². The van der Waals surface area contributed by atoms with Crippen LogP contribution in [0.2, 0.25) is 0 Å². The molecular formula is C17H27F7NS+. The quantitative estimate of drug-likeness (QED) is 0.279. The highest BCUT2D eigenvalue weighted by atomic mass is 32.1. The summed E-state index contributed by atoms with van der Waals surface area (Å²) in [5.41, 5.74) is 1.35. The van der Waals surface area contributed by atoms with Gasteiger partial charge in [-0.05, 0) is 26.3 Å². The van der Waals surface area contributed by atoms with Gasteiger partial charge in [0.2, 0.25) is 0 Å². The van der Waals surface area contributed by atoms with Crippen molar-refractivity contribution in [2.45, 2.75) is 77.4 Å². The van der Waals surface area contributed by atoms with Gasteiger partial charge < -0.3 is 0 Å². The van der Waals surface area contributed by atoms with E-state index >= 15 is 0 Å². The van der Waals surface area contributed by atoms with E-state index in [-0.39, 0.29) is 13.5 Å². The molecule has 1 aromatic heterocycles. The molecule has 0 N–H and O–H groups in total. The lowest BCUT2D eigenvalue weighted by Crippen LogP contribution is -2.42. The van der Waals surface area contributed by atoms with Gasteiger partial charge in [-0.25, -0.2) is 13.3 Å². The number of pyridine rings is 1. The number of hydrogen-bond donors (Lipinski definition) is 0. The number of nitrogens with zero attached hydrogens (tertiary/aromatic N) is 1. The molecule has 0 spiro atoms. The van der Waals surface area contributed by atoms with Crippen molar-refractivity contribution < 1.29 is 35.3 Å². The van der Waals surface area contributed by atoms with Crippen LogP contribution >= 0.6 is 13.5 Å². The Hall–Kier alpha value is -0.990. The van der Waals surface area contributed by atoms with Crippen LogP contribution in [0.1, 0.15) is 57.6 Å². The molecule has 1 atom stereocenters. The van der Waals surface area contributed by atoms with Crippen molar-refractivity contribution in [1.82, 2.24) is 0 Å². The highest BCUT2D eigenvalue weighted by Crippen LogP contribution is 2.39. The minimum Gasteiger partial charge on any atom is -0.203 e. The Morgan fingerprint density at radius 3 is 2.00 bits per heavy atom. The standard InChI is InChI=1S/C14H24N.C3HF7.H2S/c1-4-5-6-7-10-14(3)15-11-8-9-13(2)12-15;4-1(5)2(6,7)3(8,9)10;/h8-9,11-12,14H,4-7,10H2,1-3H3;1H;1H2/q+1;;. The first-order valence-corrected chi connectivity index (χ1v) is 8.13. The van der Waals surface area contributed by atoms with E-state index < -0.39 is 18.5 Å². The second-order valence-corrected chi connectivity index (χ2v) is 5.95. The fourth-order valence-electron chi connectivity index (χ4n) is 2.03. The molecule has 0 aromatic carbocycles. The van der Waals surface area contributed by atoms with Gasteiger partial charge in [-0.1, -0.05) is 26.2 Å². The molecule has 1 aromatic rings. The molecule has 154 valence electrons. The predicted molar refractivity (Wildman–Crippen MR) is 92.2 cm³/mol. The van der Waals surface area contributed by atoms with E-state index in [4.69, 9.17) is 0 Å². The molecule has 0 radical (unpaired) electrons. The maximum atomic E-state index is 11.2. The van der Waals surface area contributed by atoms with Gasteiger partial charge in [0.15, 0.2) is 18.4 Å². The van der Waals surface area contributed by atoms with Gasteiger partial charge in [0, 0.05) is 18.1 Å². The van der Waals surface area contributed by atoms with Crippen molar-refractivity contribution >= 4 is 13.5 Å². The van der Waals surface area contributed by atoms with E-state index in [1.807, 2.05) is 0 Å². The molecule has 0 saturated carbocycles. The number of aromatic nitrogens is 1. The summed E-state index contributed by atoms with van der Waals surface area (Å²) in [5.74, 6) is -5.90. The van der Waals surface area contributed by atoms with Crippen molar-refractivity contribution in [2.24, 2.45) is 0 Å². The van der Waals surface area contributed by atoms with E-state index in [0.29, 0.717) is 6.04 Å². The lowest BCUT2D eigenvalue weighted by molar-refractivity contribution is -0.720. The number of alkyl halides is 7. The Balaban J connectivity index is 0. The summed E-state index contributed by atoms with van der Waals surface area (Å²) in [5, 5.41) is 0. The SMILES string of the molecule is CCCCCCC(C)[n+]1cccc(C)c1.FC(F)C(F)(F)C(F)(F)F.S. The number of halogens is 7. The van der Waals surface area contributed by atoms with Crippen molar-refractivity contribution in [3.8, 4) is 0 Å². The summed E-state index contributed by atoms with van der Waals surface area (Å²) in [6.45, 7) is 6.73. The zero-order valence-corrected chi connectivity index (χ0v) is 16.1. The normalized spacial score (nSPS) is 12.9. The van der Waals surface area contributed by atoms with Gasteiger partial charge in [-0.2, -0.15) is 35.4 Å². The summed E-state index contributed by atoms with van der Waals surface area (Å²) < 4.78 is 78.9. The summed E-state index contributed by atoms with van der Waals surface area (Å²) in [6.07, 6.45) is 0.296. The lowest BCUT2D eigenvalue weighted by Gasteiger charge is -2.17. The molecular weight excluding hydrogens is 383 g/mol. The molecule has 9 heteroatoms. The first-order chi connectivity index (χ1) is 11.4. The second kappa shape index (κ2) is 12.4. The molecule has 1 rings (SSSR count). The van der Waals surface area contributed by atoms with Crippen molar-refractivity contribution in [2.75, 3.05) is 0 Å². The lowest BCUT2D eigenvalue weighted by atomic mass is 10.1. The molecule has 0 aliphatic rings. The highest BCUT2D eigenvalue weighted by molar-refractivity contribution is 7.59. The van der Waals surface area contributed by atoms with Crippen LogP contribution in [0, 0.1) is 6.92 Å². The van der Waals surface area contributed by atoms with Crippen molar-refractivity contribution in [3.63, 3.8) is 0 Å². The second-order valence-electron chi connectivity index (χ2n) is 5.95. The van der Waals surface area contributed by atoms with Crippen LogP contribution in [0.15, 0.2) is 24.5 Å². The Labute approximate surface area is 157 Å². The maximum absolute atomic E-state index is 11.2. The average Bonchev–Trinajstić information content (AvgIpc) is 2.50. The molecule has 1 unspecified atom stereocenters. The van der Waals surface area contributed by atoms with Crippen LogP contribution in [0.5, 0.6) is 0 Å². The van der Waals surface area contributed by atoms with Gasteiger partial charge in [-0.15, -0.1) is 0 Å². The Bertz CT molecular complexity index is 492. The van der Waals surface area contributed by atoms with E-state index in [9.17, 15) is 30.7 Å². The monoisotopic (exact) mass is 410 g/mol. The molecule has 0 aliphatic heterocycles. The van der Waals surface area contributed by atoms with Crippen LogP contribution in [-0.4, -0.2) is 18.5 Å². The average molecular weight is 410 g/mol. The Morgan fingerprint density at radius 1 is 1.04 bits per heavy atom. The first kappa shape index (κ1) is 27.2. The number of unbranched alkanes of at least 4 members (excludes halogenated alkanes) is 3. The third-order valence-electron chi connectivity index (χ3n) is 3.61. The smallest absolute Gasteiger partial charge is 0.203 e. The summed E-state index contributed by atoms with van der Waals surface area (Å²) in [6, 6.07) is 4.93. The predicted octanol–water partition coefficient (Wildman–Crippen LogP) is 6.38. The minimum absolute atomic E-state index is 0. The third kappa shape index (κ3) is 9.64. The molecule has 26 heavy (non-hydrogen) atoms. The van der Waals surface area contributed by atoms with Crippen LogP contribution in [0.4, 0.5) is 30.7 Å². The van der Waals surface area contributed by atoms with E-state index in [1.54, 1.807) is 0 Å². The van der Waals surface area contributed by atoms with Gasteiger partial charge >= 0.3 is 18.5 Å². The van der Waals surface area contributed by atoms with Crippen LogP contribution in [-0.2, 0) is 0 Å². The Kier molecular flexibility index (Phi) is 13.0. The van der Waals surface area contributed by atoms with Gasteiger partial charge in [0.1, 0.15) is 0 Å². The molecule has 0 saturated heterocycles. The summed E-state index contributed by atoms with van der Waals surface area (Å²) >= 11 is 0. The van der Waals surface area contributed by atoms with Gasteiger partial charge in [0.05, 0.1) is 0 Å². The molecule has 0 fully saturated rings. The number of rotatable bonds is 7.